The van der Waals surface area contributed by atoms with Crippen LogP contribution in [0.3, 0.4) is 0 Å². The molecule has 1 atom stereocenters. The Balaban J connectivity index is 1.42. The van der Waals surface area contributed by atoms with Crippen molar-refractivity contribution in [3.05, 3.63) is 68.8 Å². The minimum Gasteiger partial charge on any atom is -0.503 e. The van der Waals surface area contributed by atoms with E-state index in [0.29, 0.717) is 37.0 Å². The summed E-state index contributed by atoms with van der Waals surface area (Å²) in [5, 5.41) is 11.4. The second-order valence-corrected chi connectivity index (χ2v) is 11.5. The molecule has 2 aliphatic heterocycles. The molecule has 192 valence electrons. The summed E-state index contributed by atoms with van der Waals surface area (Å²) in [6.45, 7) is 3.77. The van der Waals surface area contributed by atoms with Crippen molar-refractivity contribution in [2.75, 3.05) is 26.2 Å². The molecule has 2 amide bonds. The molecule has 2 aromatic heterocycles. The number of rotatable bonds is 6. The monoisotopic (exact) mass is 522 g/mol. The van der Waals surface area contributed by atoms with Gasteiger partial charge in [0.15, 0.2) is 11.4 Å². The topological polar surface area (TPSA) is 95.7 Å². The van der Waals surface area contributed by atoms with Crippen LogP contribution in [0.4, 0.5) is 4.39 Å². The number of likely N-dealkylation sites (tertiary alicyclic amines) is 1. The Hall–Kier alpha value is -3.53. The lowest BCUT2D eigenvalue weighted by molar-refractivity contribution is -0.145. The van der Waals surface area contributed by atoms with E-state index >= 15 is 0 Å². The van der Waals surface area contributed by atoms with E-state index in [1.807, 2.05) is 0 Å². The lowest BCUT2D eigenvalue weighted by atomic mass is 9.92. The van der Waals surface area contributed by atoms with Gasteiger partial charge in [0.25, 0.3) is 5.91 Å². The molecule has 4 heterocycles. The normalized spacial score (nSPS) is 21.1. The third-order valence-electron chi connectivity index (χ3n) is 7.56. The zero-order valence-corrected chi connectivity index (χ0v) is 21.3. The lowest BCUT2D eigenvalue weighted by Gasteiger charge is -2.46. The van der Waals surface area contributed by atoms with Gasteiger partial charge in [-0.15, -0.1) is 11.3 Å². The standard InChI is InChI=1S/C27H27FN4O4S/c1-27(26(36)30-9-2-10-30)15-31(13-17-3-4-17)25(35)21-23(34)22(33)20(14-32(21)27)24-29-12-19(37-24)11-16-5-7-18(28)8-6-16/h5-8,12,14,17,34H,2-4,9-11,13,15H2,1H3. The summed E-state index contributed by atoms with van der Waals surface area (Å²) in [5.74, 6) is -1.13. The van der Waals surface area contributed by atoms with Gasteiger partial charge in [0.1, 0.15) is 16.4 Å². The molecular weight excluding hydrogens is 495 g/mol. The SMILES string of the molecule is CC1(C(=O)N2CCC2)CN(CC2CC2)C(=O)c2c(O)c(=O)c(-c3ncc(Cc4ccc(F)cc4)s3)cn21. The summed E-state index contributed by atoms with van der Waals surface area (Å²) < 4.78 is 14.8. The van der Waals surface area contributed by atoms with E-state index in [1.54, 1.807) is 35.1 Å². The van der Waals surface area contributed by atoms with Gasteiger partial charge >= 0.3 is 0 Å². The largest absolute Gasteiger partial charge is 0.503 e. The summed E-state index contributed by atoms with van der Waals surface area (Å²) in [6.07, 6.45) is 6.66. The number of thiazole rings is 1. The third kappa shape index (κ3) is 4.13. The molecule has 1 N–H and O–H groups in total. The molecule has 8 nitrogen and oxygen atoms in total. The maximum Gasteiger partial charge on any atom is 0.274 e. The van der Waals surface area contributed by atoms with E-state index in [1.165, 1.54) is 34.2 Å². The molecule has 0 spiro atoms. The summed E-state index contributed by atoms with van der Waals surface area (Å²) in [7, 11) is 0. The van der Waals surface area contributed by atoms with Crippen LogP contribution in [0.5, 0.6) is 5.75 Å². The molecule has 6 rings (SSSR count). The van der Waals surface area contributed by atoms with E-state index in [-0.39, 0.29) is 29.5 Å². The van der Waals surface area contributed by atoms with Crippen molar-refractivity contribution in [2.24, 2.45) is 5.92 Å². The Morgan fingerprint density at radius 1 is 1.22 bits per heavy atom. The van der Waals surface area contributed by atoms with Crippen molar-refractivity contribution in [2.45, 2.75) is 38.1 Å². The van der Waals surface area contributed by atoms with Crippen LogP contribution in [-0.4, -0.2) is 62.5 Å². The molecule has 1 saturated heterocycles. The van der Waals surface area contributed by atoms with Crippen LogP contribution in [0.2, 0.25) is 0 Å². The lowest BCUT2D eigenvalue weighted by Crippen LogP contribution is -2.62. The number of aromatic nitrogens is 2. The number of halogens is 1. The average molecular weight is 523 g/mol. The fourth-order valence-electron chi connectivity index (χ4n) is 5.12. The molecule has 0 radical (unpaired) electrons. The van der Waals surface area contributed by atoms with Crippen molar-refractivity contribution in [3.63, 3.8) is 0 Å². The molecule has 1 aromatic carbocycles. The van der Waals surface area contributed by atoms with Gasteiger partial charge < -0.3 is 19.5 Å². The minimum absolute atomic E-state index is 0.126. The zero-order valence-electron chi connectivity index (χ0n) is 20.4. The number of pyridine rings is 1. The first-order valence-corrected chi connectivity index (χ1v) is 13.3. The molecular formula is C27H27FN4O4S. The second kappa shape index (κ2) is 8.79. The van der Waals surface area contributed by atoms with Gasteiger partial charge in [-0.25, -0.2) is 9.37 Å². The molecule has 3 aliphatic rings. The molecule has 1 aliphatic carbocycles. The van der Waals surface area contributed by atoms with Gasteiger partial charge in [-0.1, -0.05) is 12.1 Å². The van der Waals surface area contributed by atoms with Gasteiger partial charge in [-0.3, -0.25) is 14.4 Å². The van der Waals surface area contributed by atoms with Crippen LogP contribution < -0.4 is 5.43 Å². The Bertz CT molecular complexity index is 1460. The van der Waals surface area contributed by atoms with Crippen molar-refractivity contribution >= 4 is 23.2 Å². The van der Waals surface area contributed by atoms with Crippen LogP contribution in [-0.2, 0) is 16.8 Å². The van der Waals surface area contributed by atoms with E-state index in [9.17, 15) is 23.9 Å². The average Bonchev–Trinajstić information content (AvgIpc) is 3.54. The van der Waals surface area contributed by atoms with Gasteiger partial charge in [0.05, 0.1) is 12.1 Å². The molecule has 10 heteroatoms. The summed E-state index contributed by atoms with van der Waals surface area (Å²) >= 11 is 1.29. The van der Waals surface area contributed by atoms with Crippen molar-refractivity contribution in [1.82, 2.24) is 19.4 Å². The number of amides is 2. The van der Waals surface area contributed by atoms with Crippen molar-refractivity contribution in [3.8, 4) is 16.3 Å². The smallest absolute Gasteiger partial charge is 0.274 e. The Labute approximate surface area is 217 Å². The highest BCUT2D eigenvalue weighted by Gasteiger charge is 2.49. The minimum atomic E-state index is -1.16. The molecule has 1 saturated carbocycles. The van der Waals surface area contributed by atoms with E-state index in [2.05, 4.69) is 4.98 Å². The summed E-state index contributed by atoms with van der Waals surface area (Å²) in [4.78, 5) is 49.1. The Morgan fingerprint density at radius 3 is 2.59 bits per heavy atom. The fraction of sp³-hybridized carbons (Fsp3) is 0.407. The maximum absolute atomic E-state index is 13.7. The van der Waals surface area contributed by atoms with Gasteiger partial charge in [-0.05, 0) is 49.8 Å². The first-order chi connectivity index (χ1) is 17.7. The number of fused-ring (bicyclic) bond motifs is 1. The van der Waals surface area contributed by atoms with Crippen LogP contribution in [0.25, 0.3) is 10.6 Å². The molecule has 1 unspecified atom stereocenters. The molecule has 37 heavy (non-hydrogen) atoms. The van der Waals surface area contributed by atoms with Crippen molar-refractivity contribution < 1.29 is 19.1 Å². The zero-order chi connectivity index (χ0) is 25.9. The number of benzene rings is 1. The highest BCUT2D eigenvalue weighted by molar-refractivity contribution is 7.15. The molecule has 2 fully saturated rings. The number of hydrogen-bond acceptors (Lipinski definition) is 6. The number of hydrogen-bond donors (Lipinski definition) is 1. The van der Waals surface area contributed by atoms with Gasteiger partial charge in [-0.2, -0.15) is 0 Å². The van der Waals surface area contributed by atoms with Crippen LogP contribution in [0, 0.1) is 11.7 Å². The quantitative estimate of drug-likeness (QED) is 0.537. The Morgan fingerprint density at radius 2 is 1.95 bits per heavy atom. The van der Waals surface area contributed by atoms with Crippen LogP contribution in [0.15, 0.2) is 41.5 Å². The summed E-state index contributed by atoms with van der Waals surface area (Å²) in [5.41, 5.74) is -0.944. The number of nitrogens with zero attached hydrogens (tertiary/aromatic N) is 4. The van der Waals surface area contributed by atoms with E-state index in [0.717, 1.165) is 29.7 Å². The predicted molar refractivity (Wildman–Crippen MR) is 136 cm³/mol. The molecule has 0 bridgehead atoms. The molecule has 3 aromatic rings. The van der Waals surface area contributed by atoms with E-state index in [4.69, 9.17) is 0 Å². The number of aromatic hydroxyl groups is 1. The number of carbonyl (C=O) groups is 2. The first-order valence-electron chi connectivity index (χ1n) is 12.5. The number of carbonyl (C=O) groups excluding carboxylic acids is 2. The van der Waals surface area contributed by atoms with E-state index < -0.39 is 22.6 Å². The fourth-order valence-corrected chi connectivity index (χ4v) is 6.08. The Kier molecular flexibility index (Phi) is 5.67. The van der Waals surface area contributed by atoms with Crippen molar-refractivity contribution in [1.29, 1.82) is 0 Å². The van der Waals surface area contributed by atoms with Crippen LogP contribution >= 0.6 is 11.3 Å². The predicted octanol–water partition coefficient (Wildman–Crippen LogP) is 3.22. The third-order valence-corrected chi connectivity index (χ3v) is 8.59. The highest BCUT2D eigenvalue weighted by Crippen LogP contribution is 2.38. The summed E-state index contributed by atoms with van der Waals surface area (Å²) in [6, 6.07) is 6.18. The van der Waals surface area contributed by atoms with Crippen LogP contribution in [0.1, 0.15) is 47.1 Å². The first kappa shape index (κ1) is 23.8. The maximum atomic E-state index is 13.7. The van der Waals surface area contributed by atoms with Gasteiger partial charge in [0, 0.05) is 43.3 Å². The highest BCUT2D eigenvalue weighted by atomic mass is 32.1. The second-order valence-electron chi connectivity index (χ2n) is 10.4. The van der Waals surface area contributed by atoms with Gasteiger partial charge in [0.2, 0.25) is 11.3 Å².